The SMILES string of the molecule is CCCC1=CC=C(C(=O)Nc2cc(-c3ccncc3)c[nH]c2=O)C(C)C1. The molecule has 1 aliphatic carbocycles. The van der Waals surface area contributed by atoms with Crippen LogP contribution in [-0.4, -0.2) is 15.9 Å². The summed E-state index contributed by atoms with van der Waals surface area (Å²) >= 11 is 0. The van der Waals surface area contributed by atoms with Gasteiger partial charge in [0.2, 0.25) is 0 Å². The number of nitrogens with zero attached hydrogens (tertiary/aromatic N) is 1. The van der Waals surface area contributed by atoms with Gasteiger partial charge in [-0.05, 0) is 42.5 Å². The molecule has 0 saturated heterocycles. The number of carbonyl (C=O) groups excluding carboxylic acids is 1. The summed E-state index contributed by atoms with van der Waals surface area (Å²) in [4.78, 5) is 31.5. The summed E-state index contributed by atoms with van der Waals surface area (Å²) in [5.74, 6) is -0.0781. The molecule has 1 amide bonds. The van der Waals surface area contributed by atoms with Gasteiger partial charge in [-0.1, -0.05) is 38.0 Å². The molecule has 0 radical (unpaired) electrons. The first-order valence-electron chi connectivity index (χ1n) is 8.92. The number of nitrogens with one attached hydrogen (secondary N) is 2. The van der Waals surface area contributed by atoms with Crippen LogP contribution in [0.4, 0.5) is 5.69 Å². The molecule has 0 bridgehead atoms. The maximum absolute atomic E-state index is 12.7. The van der Waals surface area contributed by atoms with Crippen LogP contribution in [0.5, 0.6) is 0 Å². The van der Waals surface area contributed by atoms with Gasteiger partial charge in [0, 0.05) is 29.7 Å². The summed E-state index contributed by atoms with van der Waals surface area (Å²) in [7, 11) is 0. The second-order valence-corrected chi connectivity index (χ2v) is 6.62. The Balaban J connectivity index is 1.83. The second kappa shape index (κ2) is 7.95. The van der Waals surface area contributed by atoms with E-state index in [0.29, 0.717) is 5.57 Å². The summed E-state index contributed by atoms with van der Waals surface area (Å²) < 4.78 is 0. The zero-order valence-electron chi connectivity index (χ0n) is 15.1. The molecule has 1 atom stereocenters. The fourth-order valence-corrected chi connectivity index (χ4v) is 3.23. The van der Waals surface area contributed by atoms with Gasteiger partial charge in [-0.3, -0.25) is 14.6 Å². The maximum atomic E-state index is 12.7. The number of aromatic nitrogens is 2. The minimum absolute atomic E-state index is 0.143. The lowest BCUT2D eigenvalue weighted by Gasteiger charge is -2.21. The molecule has 2 heterocycles. The van der Waals surface area contributed by atoms with Crippen molar-refractivity contribution >= 4 is 11.6 Å². The fraction of sp³-hybridized carbons (Fsp3) is 0.286. The molecule has 1 unspecified atom stereocenters. The van der Waals surface area contributed by atoms with Gasteiger partial charge in [0.05, 0.1) is 0 Å². The van der Waals surface area contributed by atoms with Crippen LogP contribution in [0.3, 0.4) is 0 Å². The maximum Gasteiger partial charge on any atom is 0.271 e. The van der Waals surface area contributed by atoms with E-state index in [1.165, 1.54) is 5.57 Å². The molecule has 2 aromatic heterocycles. The third kappa shape index (κ3) is 3.99. The van der Waals surface area contributed by atoms with Crippen LogP contribution < -0.4 is 10.9 Å². The van der Waals surface area contributed by atoms with Crippen LogP contribution in [0.2, 0.25) is 0 Å². The van der Waals surface area contributed by atoms with Crippen LogP contribution in [-0.2, 0) is 4.79 Å². The highest BCUT2D eigenvalue weighted by molar-refractivity contribution is 6.04. The molecule has 0 spiro atoms. The number of aromatic amines is 1. The predicted octanol–water partition coefficient (Wildman–Crippen LogP) is 4.07. The highest BCUT2D eigenvalue weighted by Gasteiger charge is 2.21. The average molecular weight is 349 g/mol. The molecule has 2 aromatic rings. The molecular formula is C21H23N3O2. The minimum atomic E-state index is -0.317. The van der Waals surface area contributed by atoms with Crippen molar-refractivity contribution in [3.8, 4) is 11.1 Å². The quantitative estimate of drug-likeness (QED) is 0.854. The fourth-order valence-electron chi connectivity index (χ4n) is 3.23. The normalized spacial score (nSPS) is 16.6. The molecule has 5 nitrogen and oxygen atoms in total. The molecule has 1 aliphatic rings. The van der Waals surface area contributed by atoms with Gasteiger partial charge in [0.25, 0.3) is 11.5 Å². The first kappa shape index (κ1) is 17.9. The van der Waals surface area contributed by atoms with Gasteiger partial charge in [0.1, 0.15) is 5.69 Å². The molecule has 2 N–H and O–H groups in total. The number of H-pyrrole nitrogens is 1. The van der Waals surface area contributed by atoms with E-state index in [4.69, 9.17) is 0 Å². The number of hydrogen-bond acceptors (Lipinski definition) is 3. The van der Waals surface area contributed by atoms with E-state index in [2.05, 4.69) is 22.2 Å². The first-order valence-corrected chi connectivity index (χ1v) is 8.92. The largest absolute Gasteiger partial charge is 0.327 e. The van der Waals surface area contributed by atoms with Gasteiger partial charge in [0.15, 0.2) is 0 Å². The topological polar surface area (TPSA) is 74.8 Å². The van der Waals surface area contributed by atoms with Gasteiger partial charge in [-0.25, -0.2) is 0 Å². The highest BCUT2D eigenvalue weighted by atomic mass is 16.2. The Labute approximate surface area is 152 Å². The lowest BCUT2D eigenvalue weighted by atomic mass is 9.86. The van der Waals surface area contributed by atoms with Crippen molar-refractivity contribution in [2.45, 2.75) is 33.1 Å². The van der Waals surface area contributed by atoms with Crippen molar-refractivity contribution < 1.29 is 4.79 Å². The van der Waals surface area contributed by atoms with E-state index in [1.807, 2.05) is 31.2 Å². The Morgan fingerprint density at radius 3 is 2.73 bits per heavy atom. The number of hydrogen-bond donors (Lipinski definition) is 2. The van der Waals surface area contributed by atoms with E-state index in [1.54, 1.807) is 24.7 Å². The van der Waals surface area contributed by atoms with Crippen molar-refractivity contribution in [1.29, 1.82) is 0 Å². The molecule has 26 heavy (non-hydrogen) atoms. The number of amides is 1. The number of allylic oxidation sites excluding steroid dienone is 3. The third-order valence-corrected chi connectivity index (χ3v) is 4.60. The third-order valence-electron chi connectivity index (χ3n) is 4.60. The first-order chi connectivity index (χ1) is 12.6. The summed E-state index contributed by atoms with van der Waals surface area (Å²) in [5, 5.41) is 2.77. The predicted molar refractivity (Wildman–Crippen MR) is 104 cm³/mol. The lowest BCUT2D eigenvalue weighted by molar-refractivity contribution is -0.113. The Morgan fingerprint density at radius 1 is 1.27 bits per heavy atom. The Kier molecular flexibility index (Phi) is 5.46. The highest BCUT2D eigenvalue weighted by Crippen LogP contribution is 2.28. The van der Waals surface area contributed by atoms with Gasteiger partial charge < -0.3 is 10.3 Å². The molecule has 0 aromatic carbocycles. The van der Waals surface area contributed by atoms with Crippen molar-refractivity contribution in [2.24, 2.45) is 5.92 Å². The molecular weight excluding hydrogens is 326 g/mol. The summed E-state index contributed by atoms with van der Waals surface area (Å²) in [6.45, 7) is 4.20. The Bertz CT molecular complexity index is 910. The standard InChI is InChI=1S/C21H23N3O2/c1-3-4-15-5-6-18(14(2)11-15)20(25)24-19-12-17(13-23-21(19)26)16-7-9-22-10-8-16/h5-10,12-14H,3-4,11H2,1-2H3,(H,23,26)(H,24,25). The Hall–Kier alpha value is -2.95. The number of anilines is 1. The van der Waals surface area contributed by atoms with Crippen LogP contribution in [0, 0.1) is 5.92 Å². The summed E-state index contributed by atoms with van der Waals surface area (Å²) in [6, 6.07) is 5.40. The smallest absolute Gasteiger partial charge is 0.271 e. The van der Waals surface area contributed by atoms with Crippen LogP contribution in [0.1, 0.15) is 33.1 Å². The van der Waals surface area contributed by atoms with E-state index in [-0.39, 0.29) is 23.1 Å². The summed E-state index contributed by atoms with van der Waals surface area (Å²) in [5.41, 5.74) is 3.75. The Morgan fingerprint density at radius 2 is 2.04 bits per heavy atom. The molecule has 0 fully saturated rings. The van der Waals surface area contributed by atoms with Crippen molar-refractivity contribution in [3.63, 3.8) is 0 Å². The number of pyridine rings is 2. The zero-order chi connectivity index (χ0) is 18.5. The van der Waals surface area contributed by atoms with Crippen molar-refractivity contribution in [1.82, 2.24) is 9.97 Å². The number of rotatable bonds is 5. The molecule has 3 rings (SSSR count). The molecule has 0 aliphatic heterocycles. The molecule has 134 valence electrons. The van der Waals surface area contributed by atoms with Gasteiger partial charge in [-0.15, -0.1) is 0 Å². The second-order valence-electron chi connectivity index (χ2n) is 6.62. The average Bonchev–Trinajstić information content (AvgIpc) is 2.64. The van der Waals surface area contributed by atoms with Crippen LogP contribution >= 0.6 is 0 Å². The minimum Gasteiger partial charge on any atom is -0.327 e. The van der Waals surface area contributed by atoms with Gasteiger partial charge >= 0.3 is 0 Å². The zero-order valence-corrected chi connectivity index (χ0v) is 15.1. The van der Waals surface area contributed by atoms with Crippen molar-refractivity contribution in [3.05, 3.63) is 70.4 Å². The monoisotopic (exact) mass is 349 g/mol. The van der Waals surface area contributed by atoms with Crippen LogP contribution in [0.25, 0.3) is 11.1 Å². The lowest BCUT2D eigenvalue weighted by Crippen LogP contribution is -2.24. The van der Waals surface area contributed by atoms with Crippen LogP contribution in [0.15, 0.2) is 64.9 Å². The van der Waals surface area contributed by atoms with E-state index in [0.717, 1.165) is 30.4 Å². The van der Waals surface area contributed by atoms with E-state index < -0.39 is 0 Å². The van der Waals surface area contributed by atoms with Crippen molar-refractivity contribution in [2.75, 3.05) is 5.32 Å². The molecule has 0 saturated carbocycles. The molecule has 5 heteroatoms. The van der Waals surface area contributed by atoms with Gasteiger partial charge in [-0.2, -0.15) is 0 Å². The van der Waals surface area contributed by atoms with E-state index >= 15 is 0 Å². The van der Waals surface area contributed by atoms with E-state index in [9.17, 15) is 9.59 Å². The summed E-state index contributed by atoms with van der Waals surface area (Å²) in [6.07, 6.45) is 12.0. The number of carbonyl (C=O) groups is 1.